The summed E-state index contributed by atoms with van der Waals surface area (Å²) in [5, 5.41) is 0. The van der Waals surface area contributed by atoms with Crippen LogP contribution in [0.1, 0.15) is 17.7 Å². The van der Waals surface area contributed by atoms with Gasteiger partial charge in [0.25, 0.3) is 12.0 Å². The zero-order valence-corrected chi connectivity index (χ0v) is 9.25. The van der Waals surface area contributed by atoms with Crippen molar-refractivity contribution in [2.75, 3.05) is 14.2 Å². The number of H-pyrrole nitrogens is 1. The third-order valence-corrected chi connectivity index (χ3v) is 2.11. The van der Waals surface area contributed by atoms with Gasteiger partial charge in [0, 0.05) is 0 Å². The van der Waals surface area contributed by atoms with Gasteiger partial charge in [-0.25, -0.2) is 8.78 Å². The highest BCUT2D eigenvalue weighted by atomic mass is 19.3. The van der Waals surface area contributed by atoms with Crippen molar-refractivity contribution in [1.29, 1.82) is 0 Å². The lowest BCUT2D eigenvalue weighted by Crippen LogP contribution is -2.18. The number of aromatic amines is 1. The summed E-state index contributed by atoms with van der Waals surface area (Å²) in [5.41, 5.74) is -1.54. The second-order valence-corrected chi connectivity index (χ2v) is 3.15. The van der Waals surface area contributed by atoms with Crippen molar-refractivity contribution in [3.8, 4) is 5.75 Å². The Bertz CT molecular complexity index is 470. The molecular formula is C10H11F2NO4. The molecule has 0 bridgehead atoms. The number of halogens is 2. The van der Waals surface area contributed by atoms with E-state index in [1.807, 2.05) is 0 Å². The number of aromatic nitrogens is 1. The second-order valence-electron chi connectivity index (χ2n) is 3.15. The monoisotopic (exact) mass is 247 g/mol. The van der Waals surface area contributed by atoms with Crippen LogP contribution in [-0.4, -0.2) is 25.2 Å². The largest absolute Gasteiger partial charge is 0.495 e. The van der Waals surface area contributed by atoms with Crippen molar-refractivity contribution in [3.63, 3.8) is 0 Å². The smallest absolute Gasteiger partial charge is 0.311 e. The molecule has 0 spiro atoms. The van der Waals surface area contributed by atoms with Crippen molar-refractivity contribution in [2.45, 2.75) is 12.8 Å². The molecule has 1 aromatic heterocycles. The van der Waals surface area contributed by atoms with E-state index < -0.39 is 23.5 Å². The van der Waals surface area contributed by atoms with Gasteiger partial charge in [-0.1, -0.05) is 0 Å². The van der Waals surface area contributed by atoms with Crippen LogP contribution in [0.3, 0.4) is 0 Å². The number of hydrogen-bond acceptors (Lipinski definition) is 4. The molecule has 1 N–H and O–H groups in total. The molecule has 0 aromatic carbocycles. The van der Waals surface area contributed by atoms with Gasteiger partial charge in [0.2, 0.25) is 0 Å². The number of hydrogen-bond donors (Lipinski definition) is 1. The lowest BCUT2D eigenvalue weighted by molar-refractivity contribution is -0.139. The molecule has 5 nitrogen and oxygen atoms in total. The highest BCUT2D eigenvalue weighted by Gasteiger charge is 2.18. The number of carbonyl (C=O) groups excluding carboxylic acids is 1. The van der Waals surface area contributed by atoms with Gasteiger partial charge in [0.15, 0.2) is 0 Å². The quantitative estimate of drug-likeness (QED) is 0.807. The van der Waals surface area contributed by atoms with Gasteiger partial charge in [-0.2, -0.15) is 0 Å². The maximum absolute atomic E-state index is 12.4. The molecule has 1 heterocycles. The van der Waals surface area contributed by atoms with Crippen LogP contribution in [0.15, 0.2) is 10.9 Å². The van der Waals surface area contributed by atoms with Gasteiger partial charge in [0.1, 0.15) is 5.75 Å². The van der Waals surface area contributed by atoms with Gasteiger partial charge >= 0.3 is 5.97 Å². The molecule has 0 amide bonds. The summed E-state index contributed by atoms with van der Waals surface area (Å²) in [4.78, 5) is 24.5. The van der Waals surface area contributed by atoms with Crippen molar-refractivity contribution in [2.24, 2.45) is 0 Å². The molecule has 7 heteroatoms. The number of nitrogens with one attached hydrogen (secondary N) is 1. The van der Waals surface area contributed by atoms with Crippen LogP contribution in [0.2, 0.25) is 0 Å². The summed E-state index contributed by atoms with van der Waals surface area (Å²) in [6.07, 6.45) is -3.15. The Labute approximate surface area is 95.4 Å². The van der Waals surface area contributed by atoms with E-state index in [1.165, 1.54) is 14.2 Å². The van der Waals surface area contributed by atoms with E-state index in [1.54, 1.807) is 0 Å². The van der Waals surface area contributed by atoms with Gasteiger partial charge in [0.05, 0.1) is 31.9 Å². The molecule has 0 saturated heterocycles. The summed E-state index contributed by atoms with van der Waals surface area (Å²) in [6, 6.07) is 0.918. The van der Waals surface area contributed by atoms with E-state index in [-0.39, 0.29) is 17.9 Å². The molecule has 0 saturated carbocycles. The van der Waals surface area contributed by atoms with Crippen molar-refractivity contribution in [3.05, 3.63) is 27.7 Å². The molecule has 1 aromatic rings. The fourth-order valence-corrected chi connectivity index (χ4v) is 1.26. The predicted octanol–water partition coefficient (Wildman–Crippen LogP) is 1.04. The molecule has 0 atom stereocenters. The summed E-state index contributed by atoms with van der Waals surface area (Å²) in [6.45, 7) is 0. The third-order valence-electron chi connectivity index (χ3n) is 2.11. The predicted molar refractivity (Wildman–Crippen MR) is 54.3 cm³/mol. The van der Waals surface area contributed by atoms with Gasteiger partial charge < -0.3 is 14.5 Å². The molecular weight excluding hydrogens is 236 g/mol. The topological polar surface area (TPSA) is 68.4 Å². The van der Waals surface area contributed by atoms with E-state index in [2.05, 4.69) is 9.72 Å². The number of carbonyl (C=O) groups is 1. The van der Waals surface area contributed by atoms with E-state index in [0.29, 0.717) is 0 Å². The normalized spacial score (nSPS) is 10.4. The molecule has 0 aliphatic heterocycles. The second kappa shape index (κ2) is 5.42. The standard InChI is InChI=1S/C10H11F2NO4/c1-16-7-3-5(9(11)12)10(15)13-6(7)4-8(14)17-2/h3,9H,4H2,1-2H3,(H,13,15). The first-order valence-corrected chi connectivity index (χ1v) is 4.64. The Hall–Kier alpha value is -1.92. The Morgan fingerprint density at radius 1 is 1.47 bits per heavy atom. The Morgan fingerprint density at radius 2 is 2.12 bits per heavy atom. The van der Waals surface area contributed by atoms with Crippen LogP contribution in [0.25, 0.3) is 0 Å². The molecule has 0 aliphatic carbocycles. The number of ether oxygens (including phenoxy) is 2. The van der Waals surface area contributed by atoms with Gasteiger partial charge in [-0.3, -0.25) is 9.59 Å². The molecule has 94 valence electrons. The Balaban J connectivity index is 3.19. The van der Waals surface area contributed by atoms with E-state index in [9.17, 15) is 18.4 Å². The number of rotatable bonds is 4. The van der Waals surface area contributed by atoms with E-state index >= 15 is 0 Å². The zero-order chi connectivity index (χ0) is 13.0. The van der Waals surface area contributed by atoms with Crippen LogP contribution in [0.5, 0.6) is 5.75 Å². The lowest BCUT2D eigenvalue weighted by Gasteiger charge is -2.09. The summed E-state index contributed by atoms with van der Waals surface area (Å²) in [5.74, 6) is -0.589. The fraction of sp³-hybridized carbons (Fsp3) is 0.400. The average Bonchev–Trinajstić information content (AvgIpc) is 2.28. The molecule has 0 unspecified atom stereocenters. The van der Waals surface area contributed by atoms with Crippen LogP contribution >= 0.6 is 0 Å². The first-order chi connectivity index (χ1) is 7.99. The number of esters is 1. The maximum atomic E-state index is 12.4. The average molecular weight is 247 g/mol. The zero-order valence-electron chi connectivity index (χ0n) is 9.25. The highest BCUT2D eigenvalue weighted by molar-refractivity contribution is 5.72. The fourth-order valence-electron chi connectivity index (χ4n) is 1.26. The first kappa shape index (κ1) is 13.1. The lowest BCUT2D eigenvalue weighted by atomic mass is 10.2. The van der Waals surface area contributed by atoms with Crippen LogP contribution < -0.4 is 10.3 Å². The molecule has 17 heavy (non-hydrogen) atoms. The molecule has 0 fully saturated rings. The first-order valence-electron chi connectivity index (χ1n) is 4.64. The van der Waals surface area contributed by atoms with E-state index in [0.717, 1.165) is 6.07 Å². The third kappa shape index (κ3) is 3.02. The highest BCUT2D eigenvalue weighted by Crippen LogP contribution is 2.22. The minimum Gasteiger partial charge on any atom is -0.495 e. The summed E-state index contributed by atoms with van der Waals surface area (Å²) < 4.78 is 34.1. The maximum Gasteiger partial charge on any atom is 0.311 e. The van der Waals surface area contributed by atoms with Crippen LogP contribution in [0, 0.1) is 0 Å². The molecule has 1 rings (SSSR count). The van der Waals surface area contributed by atoms with Crippen molar-refractivity contribution < 1.29 is 23.0 Å². The van der Waals surface area contributed by atoms with Crippen LogP contribution in [-0.2, 0) is 16.0 Å². The Morgan fingerprint density at radius 3 is 2.59 bits per heavy atom. The van der Waals surface area contributed by atoms with Crippen molar-refractivity contribution in [1.82, 2.24) is 4.98 Å². The van der Waals surface area contributed by atoms with Crippen LogP contribution in [0.4, 0.5) is 8.78 Å². The minimum absolute atomic E-state index is 0.0188. The number of methoxy groups -OCH3 is 2. The van der Waals surface area contributed by atoms with E-state index in [4.69, 9.17) is 4.74 Å². The Kier molecular flexibility index (Phi) is 4.19. The van der Waals surface area contributed by atoms with Gasteiger partial charge in [-0.15, -0.1) is 0 Å². The number of alkyl halides is 2. The molecule has 0 aliphatic rings. The number of pyridine rings is 1. The SMILES string of the molecule is COC(=O)Cc1[nH]c(=O)c(C(F)F)cc1OC. The minimum atomic E-state index is -2.90. The van der Waals surface area contributed by atoms with Gasteiger partial charge in [-0.05, 0) is 6.07 Å². The summed E-state index contributed by atoms with van der Waals surface area (Å²) >= 11 is 0. The summed E-state index contributed by atoms with van der Waals surface area (Å²) in [7, 11) is 2.43. The molecule has 0 radical (unpaired) electrons. The van der Waals surface area contributed by atoms with Crippen molar-refractivity contribution >= 4 is 5.97 Å².